The minimum absolute atomic E-state index is 0.00921. The summed E-state index contributed by atoms with van der Waals surface area (Å²) in [6.45, 7) is 4.00. The van der Waals surface area contributed by atoms with Gasteiger partial charge in [0, 0.05) is 13.1 Å². The Bertz CT molecular complexity index is 517. The topological polar surface area (TPSA) is 58.4 Å². The van der Waals surface area contributed by atoms with Crippen LogP contribution in [0.4, 0.5) is 0 Å². The molecule has 0 unspecified atom stereocenters. The lowest BCUT2D eigenvalue weighted by Crippen LogP contribution is -2.51. The van der Waals surface area contributed by atoms with Gasteiger partial charge in [-0.3, -0.25) is 9.69 Å². The summed E-state index contributed by atoms with van der Waals surface area (Å²) in [5.74, 6) is 0.00921. The Kier molecular flexibility index (Phi) is 4.79. The summed E-state index contributed by atoms with van der Waals surface area (Å²) in [5, 5.41) is 3.02. The standard InChI is InChI=1S/C18H27N3O/c19-18(8-1-2-9-18)17(22)20-13-15-6-5-7-16(12-15)14-21-10-3-4-11-21/h5-7,12H,1-4,8-11,13-14,19H2,(H,20,22). The van der Waals surface area contributed by atoms with Gasteiger partial charge in [-0.25, -0.2) is 0 Å². The molecule has 1 amide bonds. The molecule has 3 rings (SSSR count). The molecule has 22 heavy (non-hydrogen) atoms. The molecule has 4 nitrogen and oxygen atoms in total. The molecule has 0 spiro atoms. The number of hydrogen-bond acceptors (Lipinski definition) is 3. The molecule has 3 N–H and O–H groups in total. The summed E-state index contributed by atoms with van der Waals surface area (Å²) in [4.78, 5) is 14.8. The number of rotatable bonds is 5. The molecule has 1 aromatic carbocycles. The van der Waals surface area contributed by atoms with Gasteiger partial charge in [0.2, 0.25) is 5.91 Å². The molecule has 1 aliphatic heterocycles. The van der Waals surface area contributed by atoms with E-state index in [0.29, 0.717) is 6.54 Å². The Morgan fingerprint density at radius 2 is 1.82 bits per heavy atom. The molecule has 0 radical (unpaired) electrons. The maximum absolute atomic E-state index is 12.3. The molecule has 2 aliphatic rings. The summed E-state index contributed by atoms with van der Waals surface area (Å²) in [7, 11) is 0. The predicted octanol–water partition coefficient (Wildman–Crippen LogP) is 2.17. The van der Waals surface area contributed by atoms with E-state index in [0.717, 1.165) is 37.8 Å². The smallest absolute Gasteiger partial charge is 0.240 e. The summed E-state index contributed by atoms with van der Waals surface area (Å²) in [6.07, 6.45) is 6.38. The van der Waals surface area contributed by atoms with Crippen molar-refractivity contribution in [3.63, 3.8) is 0 Å². The van der Waals surface area contributed by atoms with E-state index in [4.69, 9.17) is 5.73 Å². The van der Waals surface area contributed by atoms with Gasteiger partial charge in [-0.15, -0.1) is 0 Å². The Balaban J connectivity index is 1.54. The van der Waals surface area contributed by atoms with E-state index in [2.05, 4.69) is 34.5 Å². The van der Waals surface area contributed by atoms with E-state index in [-0.39, 0.29) is 5.91 Å². The number of benzene rings is 1. The quantitative estimate of drug-likeness (QED) is 0.876. The second-order valence-corrected chi connectivity index (χ2v) is 6.85. The van der Waals surface area contributed by atoms with Crippen molar-refractivity contribution in [3.8, 4) is 0 Å². The molecule has 2 fully saturated rings. The molecular formula is C18H27N3O. The van der Waals surface area contributed by atoms with Crippen molar-refractivity contribution >= 4 is 5.91 Å². The number of carbonyl (C=O) groups is 1. The van der Waals surface area contributed by atoms with Gasteiger partial charge in [0.15, 0.2) is 0 Å². The first kappa shape index (κ1) is 15.5. The van der Waals surface area contributed by atoms with E-state index in [1.807, 2.05) is 0 Å². The van der Waals surface area contributed by atoms with E-state index in [9.17, 15) is 4.79 Å². The van der Waals surface area contributed by atoms with Crippen molar-refractivity contribution in [1.29, 1.82) is 0 Å². The number of nitrogens with zero attached hydrogens (tertiary/aromatic N) is 1. The Labute approximate surface area is 133 Å². The van der Waals surface area contributed by atoms with Crippen molar-refractivity contribution in [2.45, 2.75) is 57.2 Å². The summed E-state index contributed by atoms with van der Waals surface area (Å²) >= 11 is 0. The second-order valence-electron chi connectivity index (χ2n) is 6.85. The summed E-state index contributed by atoms with van der Waals surface area (Å²) < 4.78 is 0. The van der Waals surface area contributed by atoms with Crippen molar-refractivity contribution in [2.24, 2.45) is 5.73 Å². The van der Waals surface area contributed by atoms with Gasteiger partial charge >= 0.3 is 0 Å². The van der Waals surface area contributed by atoms with Crippen LogP contribution in [0.25, 0.3) is 0 Å². The maximum Gasteiger partial charge on any atom is 0.240 e. The maximum atomic E-state index is 12.3. The zero-order valence-corrected chi connectivity index (χ0v) is 13.3. The molecule has 1 saturated carbocycles. The summed E-state index contributed by atoms with van der Waals surface area (Å²) in [6, 6.07) is 8.54. The van der Waals surface area contributed by atoms with Crippen LogP contribution >= 0.6 is 0 Å². The van der Waals surface area contributed by atoms with Crippen molar-refractivity contribution < 1.29 is 4.79 Å². The van der Waals surface area contributed by atoms with Crippen LogP contribution in [0.3, 0.4) is 0 Å². The minimum atomic E-state index is -0.632. The average molecular weight is 301 g/mol. The molecule has 1 aliphatic carbocycles. The van der Waals surface area contributed by atoms with Gasteiger partial charge in [-0.1, -0.05) is 37.1 Å². The normalized spacial score (nSPS) is 21.1. The van der Waals surface area contributed by atoms with Crippen LogP contribution in [-0.4, -0.2) is 29.4 Å². The zero-order valence-electron chi connectivity index (χ0n) is 13.3. The molecule has 1 heterocycles. The van der Waals surface area contributed by atoms with E-state index in [1.165, 1.54) is 31.5 Å². The number of carbonyl (C=O) groups excluding carboxylic acids is 1. The SMILES string of the molecule is NC1(C(=O)NCc2cccc(CN3CCCC3)c2)CCCC1. The highest BCUT2D eigenvalue weighted by Crippen LogP contribution is 2.27. The van der Waals surface area contributed by atoms with Crippen molar-refractivity contribution in [1.82, 2.24) is 10.2 Å². The van der Waals surface area contributed by atoms with Crippen LogP contribution in [0.15, 0.2) is 24.3 Å². The Morgan fingerprint density at radius 1 is 1.14 bits per heavy atom. The number of amides is 1. The predicted molar refractivity (Wildman–Crippen MR) is 88.2 cm³/mol. The minimum Gasteiger partial charge on any atom is -0.350 e. The van der Waals surface area contributed by atoms with Crippen molar-refractivity contribution in [3.05, 3.63) is 35.4 Å². The fraction of sp³-hybridized carbons (Fsp3) is 0.611. The highest BCUT2D eigenvalue weighted by molar-refractivity contribution is 5.86. The number of nitrogens with two attached hydrogens (primary N) is 1. The van der Waals surface area contributed by atoms with Crippen LogP contribution in [-0.2, 0) is 17.9 Å². The van der Waals surface area contributed by atoms with Gasteiger partial charge in [0.25, 0.3) is 0 Å². The molecule has 120 valence electrons. The lowest BCUT2D eigenvalue weighted by atomic mass is 9.98. The second kappa shape index (κ2) is 6.80. The first-order valence-electron chi connectivity index (χ1n) is 8.53. The highest BCUT2D eigenvalue weighted by Gasteiger charge is 2.36. The zero-order chi connectivity index (χ0) is 15.4. The third-order valence-corrected chi connectivity index (χ3v) is 5.00. The molecule has 0 bridgehead atoms. The first-order valence-corrected chi connectivity index (χ1v) is 8.53. The number of nitrogens with one attached hydrogen (secondary N) is 1. The molecule has 4 heteroatoms. The molecular weight excluding hydrogens is 274 g/mol. The average Bonchev–Trinajstić information content (AvgIpc) is 3.18. The lowest BCUT2D eigenvalue weighted by molar-refractivity contribution is -0.126. The third kappa shape index (κ3) is 3.68. The fourth-order valence-corrected chi connectivity index (χ4v) is 3.63. The van der Waals surface area contributed by atoms with Crippen LogP contribution in [0.1, 0.15) is 49.7 Å². The van der Waals surface area contributed by atoms with Crippen LogP contribution < -0.4 is 11.1 Å². The van der Waals surface area contributed by atoms with Gasteiger partial charge in [-0.05, 0) is 49.9 Å². The Hall–Kier alpha value is -1.39. The van der Waals surface area contributed by atoms with E-state index < -0.39 is 5.54 Å². The third-order valence-electron chi connectivity index (χ3n) is 5.00. The van der Waals surface area contributed by atoms with E-state index >= 15 is 0 Å². The molecule has 0 aromatic heterocycles. The molecule has 1 aromatic rings. The van der Waals surface area contributed by atoms with Gasteiger partial charge in [0.1, 0.15) is 0 Å². The monoisotopic (exact) mass is 301 g/mol. The Morgan fingerprint density at radius 3 is 2.55 bits per heavy atom. The van der Waals surface area contributed by atoms with Gasteiger partial charge < -0.3 is 11.1 Å². The largest absolute Gasteiger partial charge is 0.350 e. The molecule has 1 saturated heterocycles. The number of likely N-dealkylation sites (tertiary alicyclic amines) is 1. The van der Waals surface area contributed by atoms with Gasteiger partial charge in [-0.2, -0.15) is 0 Å². The summed E-state index contributed by atoms with van der Waals surface area (Å²) in [5.41, 5.74) is 8.04. The van der Waals surface area contributed by atoms with Crippen LogP contribution in [0.5, 0.6) is 0 Å². The first-order chi connectivity index (χ1) is 10.7. The number of hydrogen-bond donors (Lipinski definition) is 2. The fourth-order valence-electron chi connectivity index (χ4n) is 3.63. The van der Waals surface area contributed by atoms with Crippen LogP contribution in [0, 0.1) is 0 Å². The van der Waals surface area contributed by atoms with E-state index in [1.54, 1.807) is 0 Å². The van der Waals surface area contributed by atoms with Crippen LogP contribution in [0.2, 0.25) is 0 Å². The molecule has 0 atom stereocenters. The highest BCUT2D eigenvalue weighted by atomic mass is 16.2. The lowest BCUT2D eigenvalue weighted by Gasteiger charge is -2.22. The van der Waals surface area contributed by atoms with Crippen molar-refractivity contribution in [2.75, 3.05) is 13.1 Å². The van der Waals surface area contributed by atoms with Gasteiger partial charge in [0.05, 0.1) is 5.54 Å².